The van der Waals surface area contributed by atoms with Crippen LogP contribution in [0.25, 0.3) is 0 Å². The van der Waals surface area contributed by atoms with Crippen LogP contribution in [0.5, 0.6) is 0 Å². The van der Waals surface area contributed by atoms with Crippen molar-refractivity contribution in [2.45, 2.75) is 26.7 Å². The maximum absolute atomic E-state index is 12.6. The maximum Gasteiger partial charge on any atom is 0.248 e. The van der Waals surface area contributed by atoms with Gasteiger partial charge in [0.1, 0.15) is 6.54 Å². The number of hydrogen-bond acceptors (Lipinski definition) is 2. The Balaban J connectivity index is 0.00000243. The van der Waals surface area contributed by atoms with E-state index in [-0.39, 0.29) is 42.4 Å². The molecule has 0 radical (unpaired) electrons. The van der Waals surface area contributed by atoms with Crippen LogP contribution >= 0.6 is 24.0 Å². The lowest BCUT2D eigenvalue weighted by atomic mass is 10.0. The summed E-state index contributed by atoms with van der Waals surface area (Å²) >= 11 is 0. The Hall–Kier alpha value is -2.09. The third kappa shape index (κ3) is 4.97. The molecular weight excluding hydrogens is 439 g/mol. The number of guanidine groups is 1. The van der Waals surface area contributed by atoms with Gasteiger partial charge in [-0.25, -0.2) is 4.99 Å². The summed E-state index contributed by atoms with van der Waals surface area (Å²) in [6.45, 7) is 4.83. The minimum Gasteiger partial charge on any atom is -0.370 e. The zero-order chi connectivity index (χ0) is 17.8. The highest BCUT2D eigenvalue weighted by Gasteiger charge is 2.21. The molecule has 3 N–H and O–H groups in total. The van der Waals surface area contributed by atoms with Crippen LogP contribution in [0.4, 0.5) is 11.4 Å². The molecule has 0 aliphatic carbocycles. The second-order valence-corrected chi connectivity index (χ2v) is 6.48. The summed E-state index contributed by atoms with van der Waals surface area (Å²) in [6.07, 6.45) is 1.99. The summed E-state index contributed by atoms with van der Waals surface area (Å²) in [4.78, 5) is 18.6. The zero-order valence-electron chi connectivity index (χ0n) is 15.2. The van der Waals surface area contributed by atoms with Gasteiger partial charge in [-0.15, -0.1) is 24.0 Å². The van der Waals surface area contributed by atoms with Gasteiger partial charge in [-0.3, -0.25) is 4.79 Å². The number of rotatable bonds is 3. The summed E-state index contributed by atoms with van der Waals surface area (Å²) in [7, 11) is 0. The van der Waals surface area contributed by atoms with E-state index in [2.05, 4.69) is 22.4 Å². The predicted octanol–water partition coefficient (Wildman–Crippen LogP) is 3.63. The molecule has 26 heavy (non-hydrogen) atoms. The van der Waals surface area contributed by atoms with E-state index in [1.54, 1.807) is 0 Å². The van der Waals surface area contributed by atoms with Crippen molar-refractivity contribution in [2.24, 2.45) is 10.7 Å². The number of aryl methyl sites for hydroxylation is 3. The van der Waals surface area contributed by atoms with Crippen molar-refractivity contribution in [1.82, 2.24) is 0 Å². The van der Waals surface area contributed by atoms with Crippen LogP contribution in [0.1, 0.15) is 23.1 Å². The monoisotopic (exact) mass is 464 g/mol. The van der Waals surface area contributed by atoms with E-state index < -0.39 is 0 Å². The lowest BCUT2D eigenvalue weighted by Crippen LogP contribution is -2.37. The molecule has 0 saturated heterocycles. The van der Waals surface area contributed by atoms with E-state index in [9.17, 15) is 4.79 Å². The average molecular weight is 464 g/mol. The molecule has 6 heteroatoms. The van der Waals surface area contributed by atoms with Gasteiger partial charge in [-0.1, -0.05) is 24.3 Å². The fraction of sp³-hybridized carbons (Fsp3) is 0.300. The number of anilines is 2. The van der Waals surface area contributed by atoms with Gasteiger partial charge in [0.05, 0.1) is 0 Å². The summed E-state index contributed by atoms with van der Waals surface area (Å²) in [5.74, 6) is 0.223. The number of halogens is 1. The van der Waals surface area contributed by atoms with Crippen LogP contribution < -0.4 is 16.0 Å². The first-order valence-electron chi connectivity index (χ1n) is 8.56. The summed E-state index contributed by atoms with van der Waals surface area (Å²) in [6, 6.07) is 14.1. The molecule has 138 valence electrons. The van der Waals surface area contributed by atoms with Gasteiger partial charge in [-0.05, 0) is 61.6 Å². The zero-order valence-corrected chi connectivity index (χ0v) is 17.5. The Morgan fingerprint density at radius 2 is 1.88 bits per heavy atom. The molecule has 5 nitrogen and oxygen atoms in total. The first-order valence-corrected chi connectivity index (χ1v) is 8.56. The van der Waals surface area contributed by atoms with Gasteiger partial charge in [0.25, 0.3) is 0 Å². The van der Waals surface area contributed by atoms with E-state index in [1.807, 2.05) is 49.1 Å². The van der Waals surface area contributed by atoms with Gasteiger partial charge in [-0.2, -0.15) is 0 Å². The first kappa shape index (κ1) is 20.2. The number of carbonyl (C=O) groups excluding carboxylic acids is 1. The largest absolute Gasteiger partial charge is 0.370 e. The molecule has 2 aromatic carbocycles. The molecule has 1 aliphatic heterocycles. The van der Waals surface area contributed by atoms with Crippen LogP contribution in [0, 0.1) is 13.8 Å². The topological polar surface area (TPSA) is 70.7 Å². The molecule has 0 fully saturated rings. The summed E-state index contributed by atoms with van der Waals surface area (Å²) in [5, 5.41) is 3.06. The highest BCUT2D eigenvalue weighted by atomic mass is 127. The third-order valence-electron chi connectivity index (χ3n) is 4.29. The molecule has 3 rings (SSSR count). The van der Waals surface area contributed by atoms with Crippen molar-refractivity contribution in [2.75, 3.05) is 23.3 Å². The van der Waals surface area contributed by atoms with Crippen LogP contribution in [-0.2, 0) is 11.2 Å². The van der Waals surface area contributed by atoms with Crippen LogP contribution in [0.2, 0.25) is 0 Å². The van der Waals surface area contributed by atoms with E-state index in [0.29, 0.717) is 0 Å². The Bertz CT molecular complexity index is 799. The maximum atomic E-state index is 12.6. The van der Waals surface area contributed by atoms with Crippen molar-refractivity contribution >= 4 is 47.2 Å². The first-order chi connectivity index (χ1) is 12.0. The second-order valence-electron chi connectivity index (χ2n) is 6.48. The molecule has 0 unspecified atom stereocenters. The number of hydrogen-bond donors (Lipinski definition) is 2. The van der Waals surface area contributed by atoms with Gasteiger partial charge < -0.3 is 16.0 Å². The van der Waals surface area contributed by atoms with Gasteiger partial charge in [0.2, 0.25) is 5.91 Å². The molecule has 0 atom stereocenters. The Morgan fingerprint density at radius 3 is 2.62 bits per heavy atom. The number of nitrogens with zero attached hydrogens (tertiary/aromatic N) is 2. The summed E-state index contributed by atoms with van der Waals surface area (Å²) in [5.41, 5.74) is 11.3. The normalized spacial score (nSPS) is 13.6. The number of carbonyl (C=O) groups is 1. The predicted molar refractivity (Wildman–Crippen MR) is 119 cm³/mol. The number of fused-ring (bicyclic) bond motifs is 1. The Kier molecular flexibility index (Phi) is 7.02. The highest BCUT2D eigenvalue weighted by Crippen LogP contribution is 2.26. The molecule has 1 heterocycles. The van der Waals surface area contributed by atoms with Crippen molar-refractivity contribution in [3.05, 3.63) is 59.2 Å². The smallest absolute Gasteiger partial charge is 0.248 e. The minimum absolute atomic E-state index is 0. The Labute approximate surface area is 171 Å². The van der Waals surface area contributed by atoms with Crippen LogP contribution in [-0.4, -0.2) is 25.0 Å². The Morgan fingerprint density at radius 1 is 1.19 bits per heavy atom. The minimum atomic E-state index is -0.0303. The standard InChI is InChI=1S/C20H24N4O.HI/c1-14-10-15(2)12-17(11-14)23-20(21)22-13-19(25)24-9-5-7-16-6-3-4-8-18(16)24;/h3-4,6,8,10-12H,5,7,9,13H2,1-2H3,(H3,21,22,23);1H. The van der Waals surface area contributed by atoms with Gasteiger partial charge >= 0.3 is 0 Å². The number of para-hydroxylation sites is 1. The molecule has 0 spiro atoms. The molecule has 2 aromatic rings. The average Bonchev–Trinajstić information content (AvgIpc) is 2.58. The van der Waals surface area contributed by atoms with Crippen molar-refractivity contribution in [3.63, 3.8) is 0 Å². The van der Waals surface area contributed by atoms with E-state index in [0.717, 1.165) is 41.9 Å². The van der Waals surface area contributed by atoms with Crippen LogP contribution in [0.15, 0.2) is 47.5 Å². The fourth-order valence-corrected chi connectivity index (χ4v) is 3.27. The fourth-order valence-electron chi connectivity index (χ4n) is 3.27. The molecule has 0 saturated carbocycles. The number of aliphatic imine (C=N–C) groups is 1. The highest BCUT2D eigenvalue weighted by molar-refractivity contribution is 14.0. The SMILES string of the molecule is Cc1cc(C)cc(NC(N)=NCC(=O)N2CCCc3ccccc32)c1.I. The number of nitrogens with one attached hydrogen (secondary N) is 1. The molecule has 0 aromatic heterocycles. The lowest BCUT2D eigenvalue weighted by Gasteiger charge is -2.29. The van der Waals surface area contributed by atoms with Crippen LogP contribution in [0.3, 0.4) is 0 Å². The molecule has 0 bridgehead atoms. The number of nitrogens with two attached hydrogens (primary N) is 1. The van der Waals surface area contributed by atoms with Crippen molar-refractivity contribution < 1.29 is 4.79 Å². The molecular formula is C20H25IN4O. The van der Waals surface area contributed by atoms with Crippen molar-refractivity contribution in [1.29, 1.82) is 0 Å². The van der Waals surface area contributed by atoms with Crippen molar-refractivity contribution in [3.8, 4) is 0 Å². The second kappa shape index (κ2) is 9.02. The van der Waals surface area contributed by atoms with Gasteiger partial charge in [0.15, 0.2) is 5.96 Å². The quantitative estimate of drug-likeness (QED) is 0.414. The molecule has 1 amide bonds. The lowest BCUT2D eigenvalue weighted by molar-refractivity contribution is -0.117. The van der Waals surface area contributed by atoms with E-state index >= 15 is 0 Å². The third-order valence-corrected chi connectivity index (χ3v) is 4.29. The van der Waals surface area contributed by atoms with E-state index in [4.69, 9.17) is 5.73 Å². The molecule has 1 aliphatic rings. The van der Waals surface area contributed by atoms with Gasteiger partial charge in [0, 0.05) is 17.9 Å². The van der Waals surface area contributed by atoms with E-state index in [1.165, 1.54) is 5.56 Å². The summed E-state index contributed by atoms with van der Waals surface area (Å²) < 4.78 is 0. The number of amides is 1. The number of benzene rings is 2.